The SMILES string of the molecule is C=Cc1cc(C)cc(C(C)(C)C)c1ON. The summed E-state index contributed by atoms with van der Waals surface area (Å²) in [5.74, 6) is 6.05. The molecule has 0 aliphatic carbocycles. The van der Waals surface area contributed by atoms with Gasteiger partial charge in [-0.3, -0.25) is 0 Å². The molecule has 1 rings (SSSR count). The highest BCUT2D eigenvalue weighted by Crippen LogP contribution is 2.35. The summed E-state index contributed by atoms with van der Waals surface area (Å²) in [5.41, 5.74) is 3.26. The third kappa shape index (κ3) is 2.39. The van der Waals surface area contributed by atoms with Crippen LogP contribution in [0, 0.1) is 6.92 Å². The van der Waals surface area contributed by atoms with Gasteiger partial charge in [-0.05, 0) is 24.0 Å². The van der Waals surface area contributed by atoms with Crippen LogP contribution in [0.5, 0.6) is 5.75 Å². The molecule has 0 heterocycles. The van der Waals surface area contributed by atoms with E-state index in [0.717, 1.165) is 16.9 Å². The highest BCUT2D eigenvalue weighted by atomic mass is 16.6. The Hall–Kier alpha value is -1.28. The predicted molar refractivity (Wildman–Crippen MR) is 64.8 cm³/mol. The molecule has 0 radical (unpaired) electrons. The smallest absolute Gasteiger partial charge is 0.157 e. The van der Waals surface area contributed by atoms with Crippen molar-refractivity contribution in [1.29, 1.82) is 0 Å². The molecular weight excluding hydrogens is 186 g/mol. The molecule has 15 heavy (non-hydrogen) atoms. The Bertz CT molecular complexity index is 375. The first-order valence-corrected chi connectivity index (χ1v) is 5.04. The lowest BCUT2D eigenvalue weighted by molar-refractivity contribution is 0.323. The van der Waals surface area contributed by atoms with Crippen molar-refractivity contribution in [3.8, 4) is 5.75 Å². The van der Waals surface area contributed by atoms with Gasteiger partial charge in [0.05, 0.1) is 0 Å². The van der Waals surface area contributed by atoms with E-state index in [1.54, 1.807) is 6.08 Å². The van der Waals surface area contributed by atoms with E-state index < -0.39 is 0 Å². The molecule has 0 spiro atoms. The van der Waals surface area contributed by atoms with Gasteiger partial charge < -0.3 is 4.84 Å². The lowest BCUT2D eigenvalue weighted by Gasteiger charge is -2.23. The van der Waals surface area contributed by atoms with E-state index in [0.29, 0.717) is 0 Å². The Morgan fingerprint density at radius 3 is 2.33 bits per heavy atom. The summed E-state index contributed by atoms with van der Waals surface area (Å²) >= 11 is 0. The fourth-order valence-corrected chi connectivity index (χ4v) is 1.64. The molecule has 2 nitrogen and oxygen atoms in total. The molecule has 0 aromatic heterocycles. The van der Waals surface area contributed by atoms with Crippen LogP contribution < -0.4 is 10.7 Å². The second kappa shape index (κ2) is 4.07. The number of aryl methyl sites for hydroxylation is 1. The molecule has 0 atom stereocenters. The third-order valence-corrected chi connectivity index (χ3v) is 2.41. The zero-order chi connectivity index (χ0) is 11.6. The summed E-state index contributed by atoms with van der Waals surface area (Å²) < 4.78 is 0. The van der Waals surface area contributed by atoms with E-state index >= 15 is 0 Å². The van der Waals surface area contributed by atoms with E-state index in [-0.39, 0.29) is 5.41 Å². The minimum Gasteiger partial charge on any atom is -0.411 e. The molecule has 0 fully saturated rings. The zero-order valence-electron chi connectivity index (χ0n) is 9.92. The molecule has 82 valence electrons. The van der Waals surface area contributed by atoms with Gasteiger partial charge in [-0.1, -0.05) is 39.5 Å². The second-order valence-electron chi connectivity index (χ2n) is 4.80. The number of rotatable bonds is 2. The molecule has 0 unspecified atom stereocenters. The third-order valence-electron chi connectivity index (χ3n) is 2.41. The van der Waals surface area contributed by atoms with Crippen molar-refractivity contribution in [3.63, 3.8) is 0 Å². The zero-order valence-corrected chi connectivity index (χ0v) is 9.92. The molecule has 0 saturated heterocycles. The summed E-state index contributed by atoms with van der Waals surface area (Å²) in [7, 11) is 0. The van der Waals surface area contributed by atoms with Crippen molar-refractivity contribution in [2.75, 3.05) is 0 Å². The summed E-state index contributed by atoms with van der Waals surface area (Å²) in [6.07, 6.45) is 1.77. The lowest BCUT2D eigenvalue weighted by atomic mass is 9.84. The summed E-state index contributed by atoms with van der Waals surface area (Å²) in [6, 6.07) is 4.12. The quantitative estimate of drug-likeness (QED) is 0.752. The Balaban J connectivity index is 3.49. The van der Waals surface area contributed by atoms with E-state index in [1.165, 1.54) is 5.56 Å². The summed E-state index contributed by atoms with van der Waals surface area (Å²) in [4.78, 5) is 4.98. The molecule has 1 aromatic carbocycles. The van der Waals surface area contributed by atoms with E-state index in [2.05, 4.69) is 40.3 Å². The van der Waals surface area contributed by atoms with Crippen LogP contribution in [0.25, 0.3) is 6.08 Å². The largest absolute Gasteiger partial charge is 0.411 e. The maximum Gasteiger partial charge on any atom is 0.157 e. The van der Waals surface area contributed by atoms with E-state index in [1.807, 2.05) is 6.07 Å². The molecule has 0 aliphatic rings. The monoisotopic (exact) mass is 205 g/mol. The second-order valence-corrected chi connectivity index (χ2v) is 4.80. The van der Waals surface area contributed by atoms with Crippen LogP contribution in [-0.4, -0.2) is 0 Å². The normalized spacial score (nSPS) is 11.3. The number of benzene rings is 1. The van der Waals surface area contributed by atoms with Crippen molar-refractivity contribution < 1.29 is 4.84 Å². The van der Waals surface area contributed by atoms with Gasteiger partial charge in [0.2, 0.25) is 0 Å². The standard InChI is InChI=1S/C13H19NO/c1-6-10-7-9(2)8-11(12(10)15-14)13(3,4)5/h6-8H,1,14H2,2-5H3. The maximum absolute atomic E-state index is 5.33. The predicted octanol–water partition coefficient (Wildman–Crippen LogP) is 3.19. The fraction of sp³-hybridized carbons (Fsp3) is 0.385. The van der Waals surface area contributed by atoms with Crippen molar-refractivity contribution >= 4 is 6.08 Å². The number of hydrogen-bond donors (Lipinski definition) is 1. The molecule has 1 aromatic rings. The van der Waals surface area contributed by atoms with E-state index in [9.17, 15) is 0 Å². The van der Waals surface area contributed by atoms with Gasteiger partial charge in [-0.25, -0.2) is 0 Å². The van der Waals surface area contributed by atoms with Crippen LogP contribution in [-0.2, 0) is 5.41 Å². The van der Waals surface area contributed by atoms with Gasteiger partial charge >= 0.3 is 0 Å². The minimum absolute atomic E-state index is 0.0124. The molecule has 0 bridgehead atoms. The van der Waals surface area contributed by atoms with Gasteiger partial charge in [0, 0.05) is 11.1 Å². The summed E-state index contributed by atoms with van der Waals surface area (Å²) in [5, 5.41) is 0. The van der Waals surface area contributed by atoms with Gasteiger partial charge in [0.1, 0.15) is 0 Å². The van der Waals surface area contributed by atoms with Crippen LogP contribution in [0.4, 0.5) is 0 Å². The Morgan fingerprint density at radius 2 is 1.93 bits per heavy atom. The molecular formula is C13H19NO. The van der Waals surface area contributed by atoms with Crippen molar-refractivity contribution in [2.45, 2.75) is 33.1 Å². The molecule has 0 amide bonds. The highest BCUT2D eigenvalue weighted by Gasteiger charge is 2.21. The average molecular weight is 205 g/mol. The minimum atomic E-state index is 0.0124. The first-order valence-electron chi connectivity index (χ1n) is 5.04. The molecule has 2 heteroatoms. The topological polar surface area (TPSA) is 35.2 Å². The van der Waals surface area contributed by atoms with Crippen LogP contribution in [0.2, 0.25) is 0 Å². The average Bonchev–Trinajstić information content (AvgIpc) is 2.15. The van der Waals surface area contributed by atoms with Gasteiger partial charge in [0.15, 0.2) is 5.75 Å². The first-order chi connectivity index (χ1) is 6.90. The van der Waals surface area contributed by atoms with Crippen LogP contribution >= 0.6 is 0 Å². The Morgan fingerprint density at radius 1 is 1.33 bits per heavy atom. The van der Waals surface area contributed by atoms with E-state index in [4.69, 9.17) is 10.7 Å². The van der Waals surface area contributed by atoms with Crippen molar-refractivity contribution in [2.24, 2.45) is 5.90 Å². The van der Waals surface area contributed by atoms with Crippen LogP contribution in [0.15, 0.2) is 18.7 Å². The van der Waals surface area contributed by atoms with Gasteiger partial charge in [-0.15, -0.1) is 0 Å². The van der Waals surface area contributed by atoms with Crippen LogP contribution in [0.3, 0.4) is 0 Å². The fourth-order valence-electron chi connectivity index (χ4n) is 1.64. The van der Waals surface area contributed by atoms with Crippen LogP contribution in [0.1, 0.15) is 37.5 Å². The van der Waals surface area contributed by atoms with Crippen molar-refractivity contribution in [3.05, 3.63) is 35.4 Å². The number of hydrogen-bond acceptors (Lipinski definition) is 2. The molecule has 2 N–H and O–H groups in total. The molecule has 0 saturated carbocycles. The first kappa shape index (κ1) is 11.8. The number of nitrogens with two attached hydrogens (primary N) is 1. The maximum atomic E-state index is 5.33. The van der Waals surface area contributed by atoms with Gasteiger partial charge in [0.25, 0.3) is 0 Å². The summed E-state index contributed by atoms with van der Waals surface area (Å²) in [6.45, 7) is 12.2. The van der Waals surface area contributed by atoms with Gasteiger partial charge in [-0.2, -0.15) is 5.90 Å². The Kier molecular flexibility index (Phi) is 3.20. The lowest BCUT2D eigenvalue weighted by Crippen LogP contribution is -2.16. The molecule has 0 aliphatic heterocycles. The van der Waals surface area contributed by atoms with Crippen molar-refractivity contribution in [1.82, 2.24) is 0 Å². The highest BCUT2D eigenvalue weighted by molar-refractivity contribution is 5.61. The Labute approximate surface area is 91.7 Å².